The molecule has 0 amide bonds. The number of nitrogens with two attached hydrogens (primary N) is 1. The zero-order valence-electron chi connectivity index (χ0n) is 19.6. The molecule has 3 rings (SSSR count). The van der Waals surface area contributed by atoms with Crippen LogP contribution in [0.3, 0.4) is 0 Å². The number of benzene rings is 3. The maximum Gasteiger partial charge on any atom is 0.203 e. The summed E-state index contributed by atoms with van der Waals surface area (Å²) >= 11 is 0. The molecule has 0 radical (unpaired) electrons. The summed E-state index contributed by atoms with van der Waals surface area (Å²) in [5, 5.41) is 3.12. The summed E-state index contributed by atoms with van der Waals surface area (Å²) in [5.41, 5.74) is 9.49. The third-order valence-electron chi connectivity index (χ3n) is 5.04. The number of hydrogen-bond donors (Lipinski definition) is 2. The summed E-state index contributed by atoms with van der Waals surface area (Å²) in [5.74, 6) is 2.10. The fraction of sp³-hybridized carbons (Fsp3) is 0.148. The fourth-order valence-electron chi connectivity index (χ4n) is 3.32. The van der Waals surface area contributed by atoms with E-state index in [0.717, 1.165) is 16.8 Å². The van der Waals surface area contributed by atoms with Crippen molar-refractivity contribution < 1.29 is 23.7 Å². The quantitative estimate of drug-likeness (QED) is 0.184. The van der Waals surface area contributed by atoms with Crippen LogP contribution in [0.25, 0.3) is 12.2 Å². The van der Waals surface area contributed by atoms with Crippen LogP contribution in [0.1, 0.15) is 21.5 Å². The van der Waals surface area contributed by atoms with E-state index in [1.807, 2.05) is 48.6 Å². The maximum absolute atomic E-state index is 12.4. The van der Waals surface area contributed by atoms with Gasteiger partial charge in [-0.05, 0) is 53.6 Å². The van der Waals surface area contributed by atoms with Crippen molar-refractivity contribution in [3.63, 3.8) is 0 Å². The lowest BCUT2D eigenvalue weighted by Crippen LogP contribution is -1.99. The second-order valence-electron chi connectivity index (χ2n) is 7.22. The van der Waals surface area contributed by atoms with Crippen molar-refractivity contribution in [2.45, 2.75) is 0 Å². The highest BCUT2D eigenvalue weighted by Gasteiger charge is 2.12. The molecule has 3 aromatic carbocycles. The molecule has 176 valence electrons. The van der Waals surface area contributed by atoms with Crippen LogP contribution >= 0.6 is 0 Å². The Morgan fingerprint density at radius 3 is 2.09 bits per heavy atom. The number of nitrogen functional groups attached to an aromatic ring is 1. The summed E-state index contributed by atoms with van der Waals surface area (Å²) in [6, 6.07) is 16.5. The van der Waals surface area contributed by atoms with Gasteiger partial charge in [-0.3, -0.25) is 4.79 Å². The minimum absolute atomic E-state index is 0.166. The minimum atomic E-state index is -0.166. The first-order chi connectivity index (χ1) is 16.5. The first-order valence-corrected chi connectivity index (χ1v) is 10.5. The molecule has 34 heavy (non-hydrogen) atoms. The first kappa shape index (κ1) is 24.3. The Bertz CT molecular complexity index is 1190. The van der Waals surface area contributed by atoms with Crippen LogP contribution in [0.15, 0.2) is 66.9 Å². The normalized spacial score (nSPS) is 10.9. The number of rotatable bonds is 10. The number of ether oxygens (including phenoxy) is 4. The third-order valence-corrected chi connectivity index (χ3v) is 5.04. The molecule has 0 aliphatic carbocycles. The molecule has 0 bridgehead atoms. The lowest BCUT2D eigenvalue weighted by molar-refractivity contribution is 0.104. The molecule has 0 aliphatic rings. The van der Waals surface area contributed by atoms with Gasteiger partial charge in [0.25, 0.3) is 0 Å². The summed E-state index contributed by atoms with van der Waals surface area (Å²) in [6.07, 6.45) is 6.99. The molecular formula is C27H28N2O5. The topological polar surface area (TPSA) is 92.0 Å². The van der Waals surface area contributed by atoms with E-state index in [1.165, 1.54) is 13.2 Å². The van der Waals surface area contributed by atoms with E-state index in [0.29, 0.717) is 34.2 Å². The smallest absolute Gasteiger partial charge is 0.203 e. The molecule has 0 saturated heterocycles. The molecule has 0 spiro atoms. The highest BCUT2D eigenvalue weighted by atomic mass is 16.5. The van der Waals surface area contributed by atoms with Crippen molar-refractivity contribution in [3.05, 3.63) is 83.6 Å². The van der Waals surface area contributed by atoms with Gasteiger partial charge in [0.2, 0.25) is 5.75 Å². The van der Waals surface area contributed by atoms with Gasteiger partial charge >= 0.3 is 0 Å². The van der Waals surface area contributed by atoms with Crippen LogP contribution in [-0.2, 0) is 0 Å². The number of carbonyl (C=O) groups is 1. The van der Waals surface area contributed by atoms with Gasteiger partial charge in [-0.2, -0.15) is 0 Å². The highest BCUT2D eigenvalue weighted by molar-refractivity contribution is 6.05. The lowest BCUT2D eigenvalue weighted by atomic mass is 10.1. The van der Waals surface area contributed by atoms with Crippen molar-refractivity contribution in [1.82, 2.24) is 0 Å². The monoisotopic (exact) mass is 460 g/mol. The van der Waals surface area contributed by atoms with Crippen LogP contribution in [0.2, 0.25) is 0 Å². The molecule has 3 aromatic rings. The lowest BCUT2D eigenvalue weighted by Gasteiger charge is -2.12. The van der Waals surface area contributed by atoms with Crippen molar-refractivity contribution in [2.75, 3.05) is 39.5 Å². The Morgan fingerprint density at radius 1 is 0.794 bits per heavy atom. The average Bonchev–Trinajstić information content (AvgIpc) is 2.86. The first-order valence-electron chi connectivity index (χ1n) is 10.5. The van der Waals surface area contributed by atoms with E-state index in [-0.39, 0.29) is 5.78 Å². The van der Waals surface area contributed by atoms with Crippen molar-refractivity contribution in [3.8, 4) is 23.0 Å². The van der Waals surface area contributed by atoms with Crippen LogP contribution in [0, 0.1) is 0 Å². The number of methoxy groups -OCH3 is 4. The molecule has 0 atom stereocenters. The summed E-state index contributed by atoms with van der Waals surface area (Å²) in [4.78, 5) is 12.4. The SMILES string of the molecule is COc1ccc(C(=O)/C=C\Nc2cccc(C=Cc3cc(OC)c(OC)c(OC)c3)c2)cc1N. The zero-order chi connectivity index (χ0) is 24.5. The van der Waals surface area contributed by atoms with Gasteiger partial charge in [-0.15, -0.1) is 0 Å². The molecule has 0 heterocycles. The maximum atomic E-state index is 12.4. The Morgan fingerprint density at radius 2 is 1.47 bits per heavy atom. The minimum Gasteiger partial charge on any atom is -0.495 e. The van der Waals surface area contributed by atoms with Crippen LogP contribution in [0.5, 0.6) is 23.0 Å². The Balaban J connectivity index is 1.70. The number of hydrogen-bond acceptors (Lipinski definition) is 7. The predicted molar refractivity (Wildman–Crippen MR) is 136 cm³/mol. The molecule has 0 saturated carbocycles. The Kier molecular flexibility index (Phi) is 8.18. The molecule has 0 unspecified atom stereocenters. The fourth-order valence-corrected chi connectivity index (χ4v) is 3.32. The van der Waals surface area contributed by atoms with Gasteiger partial charge < -0.3 is 30.0 Å². The summed E-state index contributed by atoms with van der Waals surface area (Å²) < 4.78 is 21.3. The van der Waals surface area contributed by atoms with Crippen LogP contribution in [-0.4, -0.2) is 34.2 Å². The van der Waals surface area contributed by atoms with E-state index in [1.54, 1.807) is 45.7 Å². The van der Waals surface area contributed by atoms with Crippen molar-refractivity contribution in [2.24, 2.45) is 0 Å². The van der Waals surface area contributed by atoms with Gasteiger partial charge in [0.05, 0.1) is 34.1 Å². The van der Waals surface area contributed by atoms with Crippen molar-refractivity contribution >= 4 is 29.3 Å². The number of allylic oxidation sites excluding steroid dienone is 1. The average molecular weight is 461 g/mol. The molecule has 7 heteroatoms. The number of nitrogens with one attached hydrogen (secondary N) is 1. The van der Waals surface area contributed by atoms with Gasteiger partial charge in [-0.1, -0.05) is 24.3 Å². The van der Waals surface area contributed by atoms with E-state index in [9.17, 15) is 4.79 Å². The van der Waals surface area contributed by atoms with E-state index < -0.39 is 0 Å². The number of ketones is 1. The van der Waals surface area contributed by atoms with Gasteiger partial charge in [0, 0.05) is 23.5 Å². The van der Waals surface area contributed by atoms with Crippen LogP contribution in [0.4, 0.5) is 11.4 Å². The second kappa shape index (κ2) is 11.5. The molecule has 0 aromatic heterocycles. The largest absolute Gasteiger partial charge is 0.495 e. The third kappa shape index (κ3) is 5.89. The molecule has 3 N–H and O–H groups in total. The highest BCUT2D eigenvalue weighted by Crippen LogP contribution is 2.38. The van der Waals surface area contributed by atoms with E-state index >= 15 is 0 Å². The van der Waals surface area contributed by atoms with E-state index in [4.69, 9.17) is 24.7 Å². The molecular weight excluding hydrogens is 432 g/mol. The Hall–Kier alpha value is -4.39. The number of anilines is 2. The molecule has 0 fully saturated rings. The summed E-state index contributed by atoms with van der Waals surface area (Å²) in [6.45, 7) is 0. The Labute approximate surface area is 199 Å². The summed E-state index contributed by atoms with van der Waals surface area (Å²) in [7, 11) is 6.28. The van der Waals surface area contributed by atoms with Gasteiger partial charge in [0.15, 0.2) is 17.3 Å². The van der Waals surface area contributed by atoms with Gasteiger partial charge in [-0.25, -0.2) is 0 Å². The zero-order valence-corrected chi connectivity index (χ0v) is 19.6. The predicted octanol–water partition coefficient (Wildman–Crippen LogP) is 5.28. The van der Waals surface area contributed by atoms with Crippen LogP contribution < -0.4 is 30.0 Å². The van der Waals surface area contributed by atoms with E-state index in [2.05, 4.69) is 5.32 Å². The molecule has 0 aliphatic heterocycles. The van der Waals surface area contributed by atoms with Crippen molar-refractivity contribution in [1.29, 1.82) is 0 Å². The standard InChI is InChI=1S/C27H28N2O5/c1-31-24-11-10-20(17-22(24)28)23(30)12-13-29-21-7-5-6-18(14-21)8-9-19-15-25(32-2)27(34-4)26(16-19)33-3/h5-17,29H,28H2,1-4H3/b9-8?,13-12-. The number of carbonyl (C=O) groups excluding carboxylic acids is 1. The molecule has 7 nitrogen and oxygen atoms in total. The van der Waals surface area contributed by atoms with Gasteiger partial charge in [0.1, 0.15) is 5.75 Å². The second-order valence-corrected chi connectivity index (χ2v) is 7.22.